The van der Waals surface area contributed by atoms with Gasteiger partial charge in [-0.25, -0.2) is 8.42 Å². The Hall–Kier alpha value is -4.18. The van der Waals surface area contributed by atoms with Crippen molar-refractivity contribution in [3.63, 3.8) is 0 Å². The molecule has 8 nitrogen and oxygen atoms in total. The zero-order chi connectivity index (χ0) is 29.7. The first-order valence-corrected chi connectivity index (χ1v) is 15.2. The van der Waals surface area contributed by atoms with Crippen molar-refractivity contribution in [1.29, 1.82) is 0 Å². The lowest BCUT2D eigenvalue weighted by atomic mass is 10.1. The summed E-state index contributed by atoms with van der Waals surface area (Å²) in [4.78, 5) is 28.5. The first-order valence-electron chi connectivity index (χ1n) is 13.4. The third kappa shape index (κ3) is 6.82. The van der Waals surface area contributed by atoms with Gasteiger partial charge in [0.1, 0.15) is 5.75 Å². The zero-order valence-electron chi connectivity index (χ0n) is 22.9. The van der Waals surface area contributed by atoms with Crippen LogP contribution >= 0.6 is 11.6 Å². The summed E-state index contributed by atoms with van der Waals surface area (Å²) in [5, 5.41) is 3.39. The highest BCUT2D eigenvalue weighted by atomic mass is 35.5. The SMILES string of the molecule is Cc1ccc(S(=O)(=O)N(CC(=O)N2C[C@H](C(=O)NCc3ccccc3)Oc3ccccc32)Cc2ccc(Cl)cc2)cc1. The van der Waals surface area contributed by atoms with Crippen LogP contribution < -0.4 is 15.0 Å². The molecule has 0 saturated carbocycles. The third-order valence-corrected chi connectivity index (χ3v) is 8.98. The quantitative estimate of drug-likeness (QED) is 0.292. The molecule has 10 heteroatoms. The number of hydrogen-bond donors (Lipinski definition) is 1. The van der Waals surface area contributed by atoms with E-state index in [9.17, 15) is 18.0 Å². The van der Waals surface area contributed by atoms with E-state index in [0.717, 1.165) is 15.4 Å². The molecular weight excluding hydrogens is 574 g/mol. The first-order chi connectivity index (χ1) is 20.2. The van der Waals surface area contributed by atoms with Crippen molar-refractivity contribution in [2.24, 2.45) is 0 Å². The smallest absolute Gasteiger partial charge is 0.263 e. The van der Waals surface area contributed by atoms with Gasteiger partial charge in [-0.2, -0.15) is 4.31 Å². The molecule has 4 aromatic carbocycles. The maximum Gasteiger partial charge on any atom is 0.263 e. The van der Waals surface area contributed by atoms with Crippen LogP contribution in [0.25, 0.3) is 0 Å². The molecule has 0 saturated heterocycles. The Morgan fingerprint density at radius 1 is 0.905 bits per heavy atom. The summed E-state index contributed by atoms with van der Waals surface area (Å²) >= 11 is 6.04. The molecule has 1 atom stereocenters. The van der Waals surface area contributed by atoms with Gasteiger partial charge in [-0.15, -0.1) is 0 Å². The molecule has 0 aromatic heterocycles. The molecule has 1 N–H and O–H groups in total. The molecule has 0 spiro atoms. The van der Waals surface area contributed by atoms with Gasteiger partial charge in [-0.05, 0) is 54.4 Å². The van der Waals surface area contributed by atoms with Crippen molar-refractivity contribution in [3.05, 3.63) is 125 Å². The molecule has 5 rings (SSSR count). The molecule has 1 aliphatic heterocycles. The fourth-order valence-electron chi connectivity index (χ4n) is 4.62. The normalized spacial score (nSPS) is 14.6. The van der Waals surface area contributed by atoms with Crippen molar-refractivity contribution < 1.29 is 22.7 Å². The molecule has 0 fully saturated rings. The number of ether oxygens (including phenoxy) is 1. The highest BCUT2D eigenvalue weighted by molar-refractivity contribution is 7.89. The minimum absolute atomic E-state index is 0.0495. The predicted molar refractivity (Wildman–Crippen MR) is 162 cm³/mol. The van der Waals surface area contributed by atoms with Gasteiger partial charge in [0, 0.05) is 18.1 Å². The summed E-state index contributed by atoms with van der Waals surface area (Å²) < 4.78 is 34.7. The van der Waals surface area contributed by atoms with Crippen LogP contribution in [0.4, 0.5) is 5.69 Å². The highest BCUT2D eigenvalue weighted by Crippen LogP contribution is 2.34. The number of halogens is 1. The van der Waals surface area contributed by atoms with Gasteiger partial charge in [-0.3, -0.25) is 9.59 Å². The lowest BCUT2D eigenvalue weighted by molar-refractivity contribution is -0.128. The average molecular weight is 604 g/mol. The van der Waals surface area contributed by atoms with E-state index in [1.54, 1.807) is 60.7 Å². The number of anilines is 1. The van der Waals surface area contributed by atoms with Crippen LogP contribution in [-0.4, -0.2) is 43.7 Å². The summed E-state index contributed by atoms with van der Waals surface area (Å²) in [5.41, 5.74) is 2.97. The van der Waals surface area contributed by atoms with E-state index in [0.29, 0.717) is 28.6 Å². The van der Waals surface area contributed by atoms with E-state index < -0.39 is 28.6 Å². The first kappa shape index (κ1) is 29.3. The lowest BCUT2D eigenvalue weighted by Crippen LogP contribution is -2.52. The standard InChI is InChI=1S/C32H30ClN3O5S/c1-23-11-17-27(18-12-23)42(39,40)35(20-25-13-15-26(33)16-14-25)22-31(37)36-21-30(41-29-10-6-5-9-28(29)36)32(38)34-19-24-7-3-2-4-8-24/h2-18,30H,19-22H2,1H3,(H,34,38)/t30-/m1/s1. The number of aryl methyl sites for hydroxylation is 1. The van der Waals surface area contributed by atoms with E-state index in [1.807, 2.05) is 37.3 Å². The van der Waals surface area contributed by atoms with Crippen LogP contribution in [0.2, 0.25) is 5.02 Å². The van der Waals surface area contributed by atoms with Gasteiger partial charge in [0.2, 0.25) is 15.9 Å². The van der Waals surface area contributed by atoms with Crippen molar-refractivity contribution in [3.8, 4) is 5.75 Å². The number of para-hydroxylation sites is 2. The summed E-state index contributed by atoms with van der Waals surface area (Å²) in [7, 11) is -4.06. The van der Waals surface area contributed by atoms with Crippen molar-refractivity contribution in [2.45, 2.75) is 31.0 Å². The molecule has 1 aliphatic rings. The van der Waals surface area contributed by atoms with Crippen LogP contribution in [0, 0.1) is 6.92 Å². The maximum absolute atomic E-state index is 13.9. The summed E-state index contributed by atoms with van der Waals surface area (Å²) in [6, 6.07) is 29.6. The minimum atomic E-state index is -4.06. The molecule has 2 amide bonds. The van der Waals surface area contributed by atoms with Crippen LogP contribution in [0.3, 0.4) is 0 Å². The van der Waals surface area contributed by atoms with E-state index in [1.165, 1.54) is 17.0 Å². The molecule has 0 unspecified atom stereocenters. The molecule has 0 bridgehead atoms. The number of sulfonamides is 1. The molecule has 216 valence electrons. The Morgan fingerprint density at radius 3 is 2.29 bits per heavy atom. The number of fused-ring (bicyclic) bond motifs is 1. The largest absolute Gasteiger partial charge is 0.477 e. The Morgan fingerprint density at radius 2 is 1.57 bits per heavy atom. The molecule has 1 heterocycles. The number of carbonyl (C=O) groups is 2. The third-order valence-electron chi connectivity index (χ3n) is 6.92. The van der Waals surface area contributed by atoms with Gasteiger partial charge < -0.3 is 15.0 Å². The summed E-state index contributed by atoms with van der Waals surface area (Å²) in [6.07, 6.45) is -0.981. The Balaban J connectivity index is 1.40. The Kier molecular flexibility index (Phi) is 8.91. The Labute approximate surface area is 250 Å². The average Bonchev–Trinajstić information content (AvgIpc) is 3.00. The van der Waals surface area contributed by atoms with E-state index in [-0.39, 0.29) is 23.9 Å². The zero-order valence-corrected chi connectivity index (χ0v) is 24.5. The molecular formula is C32H30ClN3O5S. The lowest BCUT2D eigenvalue weighted by Gasteiger charge is -2.35. The second kappa shape index (κ2) is 12.8. The fraction of sp³-hybridized carbons (Fsp3) is 0.188. The van der Waals surface area contributed by atoms with Gasteiger partial charge >= 0.3 is 0 Å². The number of hydrogen-bond acceptors (Lipinski definition) is 5. The monoisotopic (exact) mass is 603 g/mol. The number of nitrogens with zero attached hydrogens (tertiary/aromatic N) is 2. The molecule has 4 aromatic rings. The van der Waals surface area contributed by atoms with Gasteiger partial charge in [0.15, 0.2) is 6.10 Å². The number of carbonyl (C=O) groups excluding carboxylic acids is 2. The second-order valence-electron chi connectivity index (χ2n) is 9.99. The molecule has 42 heavy (non-hydrogen) atoms. The Bertz CT molecular complexity index is 1660. The van der Waals surface area contributed by atoms with Gasteiger partial charge in [-0.1, -0.05) is 83.9 Å². The maximum atomic E-state index is 13.9. The van der Waals surface area contributed by atoms with Gasteiger partial charge in [0.05, 0.1) is 23.7 Å². The summed E-state index contributed by atoms with van der Waals surface area (Å²) in [6.45, 7) is 1.60. The fourth-order valence-corrected chi connectivity index (χ4v) is 6.12. The number of amides is 2. The van der Waals surface area contributed by atoms with Crippen LogP contribution in [0.1, 0.15) is 16.7 Å². The predicted octanol–water partition coefficient (Wildman–Crippen LogP) is 4.95. The number of nitrogens with one attached hydrogen (secondary N) is 1. The van der Waals surface area contributed by atoms with Crippen molar-refractivity contribution in [1.82, 2.24) is 9.62 Å². The van der Waals surface area contributed by atoms with Gasteiger partial charge in [0.25, 0.3) is 5.91 Å². The van der Waals surface area contributed by atoms with Crippen molar-refractivity contribution >= 4 is 39.1 Å². The number of rotatable bonds is 9. The summed E-state index contributed by atoms with van der Waals surface area (Å²) in [5.74, 6) is -0.504. The van der Waals surface area contributed by atoms with Crippen LogP contribution in [0.15, 0.2) is 108 Å². The van der Waals surface area contributed by atoms with Crippen LogP contribution in [-0.2, 0) is 32.7 Å². The van der Waals surface area contributed by atoms with Crippen LogP contribution in [0.5, 0.6) is 5.75 Å². The molecule has 0 radical (unpaired) electrons. The highest BCUT2D eigenvalue weighted by Gasteiger charge is 2.36. The minimum Gasteiger partial charge on any atom is -0.477 e. The number of benzene rings is 4. The van der Waals surface area contributed by atoms with E-state index in [4.69, 9.17) is 16.3 Å². The van der Waals surface area contributed by atoms with E-state index in [2.05, 4.69) is 5.32 Å². The topological polar surface area (TPSA) is 96.0 Å². The second-order valence-corrected chi connectivity index (χ2v) is 12.4. The van der Waals surface area contributed by atoms with E-state index >= 15 is 0 Å². The molecule has 0 aliphatic carbocycles. The van der Waals surface area contributed by atoms with Crippen molar-refractivity contribution in [2.75, 3.05) is 18.0 Å².